The van der Waals surface area contributed by atoms with Gasteiger partial charge in [0, 0.05) is 26.2 Å². The standard InChI is InChI=1S/C22H26FN3O2S/c1-25(22-24-20-6-2-3-7-21(20)29-22)17-5-4-12-26(13-17)14-18(27)15-28-19-10-8-16(23)9-11-19/h2-3,6-11,17-18,27H,4-5,12-15H2,1H3. The van der Waals surface area contributed by atoms with E-state index < -0.39 is 6.10 Å². The molecule has 29 heavy (non-hydrogen) atoms. The largest absolute Gasteiger partial charge is 0.491 e. The lowest BCUT2D eigenvalue weighted by molar-refractivity contribution is 0.0584. The minimum Gasteiger partial charge on any atom is -0.491 e. The number of anilines is 1. The number of ether oxygens (including phenoxy) is 1. The third-order valence-corrected chi connectivity index (χ3v) is 6.46. The van der Waals surface area contributed by atoms with Crippen LogP contribution in [0, 0.1) is 5.82 Å². The minimum atomic E-state index is -0.591. The van der Waals surface area contributed by atoms with Crippen LogP contribution in [0.2, 0.25) is 0 Å². The van der Waals surface area contributed by atoms with E-state index in [4.69, 9.17) is 9.72 Å². The van der Waals surface area contributed by atoms with Crippen molar-refractivity contribution in [3.05, 3.63) is 54.3 Å². The van der Waals surface area contributed by atoms with Gasteiger partial charge in [0.05, 0.1) is 10.2 Å². The maximum absolute atomic E-state index is 13.0. The average molecular weight is 416 g/mol. The second-order valence-electron chi connectivity index (χ2n) is 7.55. The van der Waals surface area contributed by atoms with Crippen molar-refractivity contribution in [1.82, 2.24) is 9.88 Å². The van der Waals surface area contributed by atoms with Gasteiger partial charge in [-0.15, -0.1) is 0 Å². The monoisotopic (exact) mass is 415 g/mol. The molecular formula is C22H26FN3O2S. The number of likely N-dealkylation sites (tertiary alicyclic amines) is 1. The van der Waals surface area contributed by atoms with Gasteiger partial charge >= 0.3 is 0 Å². The maximum Gasteiger partial charge on any atom is 0.186 e. The fourth-order valence-corrected chi connectivity index (χ4v) is 4.75. The normalized spacial score (nSPS) is 18.7. The zero-order chi connectivity index (χ0) is 20.2. The van der Waals surface area contributed by atoms with Crippen molar-refractivity contribution < 1.29 is 14.2 Å². The number of aromatic nitrogens is 1. The van der Waals surface area contributed by atoms with Crippen LogP contribution in [-0.2, 0) is 0 Å². The molecule has 5 nitrogen and oxygen atoms in total. The lowest BCUT2D eigenvalue weighted by atomic mass is 10.0. The lowest BCUT2D eigenvalue weighted by Crippen LogP contribution is -2.49. The lowest BCUT2D eigenvalue weighted by Gasteiger charge is -2.38. The fraction of sp³-hybridized carbons (Fsp3) is 0.409. The van der Waals surface area contributed by atoms with Gasteiger partial charge in [0.1, 0.15) is 24.3 Å². The SMILES string of the molecule is CN(c1nc2ccccc2s1)C1CCCN(CC(O)COc2ccc(F)cc2)C1. The minimum absolute atomic E-state index is 0.195. The van der Waals surface area contributed by atoms with Crippen LogP contribution in [0.5, 0.6) is 5.75 Å². The van der Waals surface area contributed by atoms with E-state index in [0.29, 0.717) is 18.3 Å². The van der Waals surface area contributed by atoms with Crippen LogP contribution in [0.1, 0.15) is 12.8 Å². The number of hydrogen-bond donors (Lipinski definition) is 1. The van der Waals surface area contributed by atoms with Crippen LogP contribution in [0.15, 0.2) is 48.5 Å². The highest BCUT2D eigenvalue weighted by molar-refractivity contribution is 7.22. The highest BCUT2D eigenvalue weighted by Crippen LogP contribution is 2.30. The first-order valence-corrected chi connectivity index (χ1v) is 10.8. The van der Waals surface area contributed by atoms with Crippen LogP contribution in [-0.4, -0.2) is 60.4 Å². The van der Waals surface area contributed by atoms with E-state index in [1.807, 2.05) is 18.2 Å². The quantitative estimate of drug-likeness (QED) is 0.637. The third-order valence-electron chi connectivity index (χ3n) is 5.34. The average Bonchev–Trinajstić information content (AvgIpc) is 3.17. The first-order chi connectivity index (χ1) is 14.1. The molecule has 7 heteroatoms. The molecule has 0 amide bonds. The number of thiazole rings is 1. The number of halogens is 1. The molecule has 0 saturated carbocycles. The van der Waals surface area contributed by atoms with Gasteiger partial charge < -0.3 is 14.7 Å². The summed E-state index contributed by atoms with van der Waals surface area (Å²) in [4.78, 5) is 9.34. The summed E-state index contributed by atoms with van der Waals surface area (Å²) in [5, 5.41) is 11.4. The molecule has 1 aliphatic heterocycles. The van der Waals surface area contributed by atoms with Crippen molar-refractivity contribution in [2.75, 3.05) is 38.2 Å². The number of aliphatic hydroxyl groups excluding tert-OH is 1. The van der Waals surface area contributed by atoms with E-state index in [9.17, 15) is 9.50 Å². The highest BCUT2D eigenvalue weighted by Gasteiger charge is 2.26. The van der Waals surface area contributed by atoms with E-state index in [1.165, 1.54) is 16.8 Å². The van der Waals surface area contributed by atoms with Crippen LogP contribution < -0.4 is 9.64 Å². The summed E-state index contributed by atoms with van der Waals surface area (Å²) in [6, 6.07) is 14.4. The Kier molecular flexibility index (Phi) is 6.28. The summed E-state index contributed by atoms with van der Waals surface area (Å²) < 4.78 is 19.7. The van der Waals surface area contributed by atoms with Crippen molar-refractivity contribution in [1.29, 1.82) is 0 Å². The molecule has 0 spiro atoms. The molecule has 2 aromatic carbocycles. The van der Waals surface area contributed by atoms with Gasteiger partial charge in [-0.1, -0.05) is 23.5 Å². The maximum atomic E-state index is 13.0. The zero-order valence-electron chi connectivity index (χ0n) is 16.5. The summed E-state index contributed by atoms with van der Waals surface area (Å²) in [5.74, 6) is 0.270. The summed E-state index contributed by atoms with van der Waals surface area (Å²) in [5.41, 5.74) is 1.04. The molecule has 1 fully saturated rings. The zero-order valence-corrected chi connectivity index (χ0v) is 17.3. The Morgan fingerprint density at radius 2 is 2.07 bits per heavy atom. The molecule has 0 radical (unpaired) electrons. The Balaban J connectivity index is 1.30. The third kappa shape index (κ3) is 5.04. The molecule has 4 rings (SSSR count). The van der Waals surface area contributed by atoms with Crippen LogP contribution in [0.3, 0.4) is 0 Å². The molecular weight excluding hydrogens is 389 g/mol. The van der Waals surface area contributed by atoms with Crippen molar-refractivity contribution in [2.45, 2.75) is 25.0 Å². The van der Waals surface area contributed by atoms with Gasteiger partial charge in [0.25, 0.3) is 0 Å². The first kappa shape index (κ1) is 20.1. The van der Waals surface area contributed by atoms with Gasteiger partial charge in [-0.05, 0) is 55.8 Å². The Morgan fingerprint density at radius 3 is 2.86 bits per heavy atom. The van der Waals surface area contributed by atoms with E-state index in [0.717, 1.165) is 36.6 Å². The number of fused-ring (bicyclic) bond motifs is 1. The van der Waals surface area contributed by atoms with Crippen molar-refractivity contribution in [3.63, 3.8) is 0 Å². The molecule has 3 aromatic rings. The van der Waals surface area contributed by atoms with Gasteiger partial charge in [0.15, 0.2) is 5.13 Å². The smallest absolute Gasteiger partial charge is 0.186 e. The van der Waals surface area contributed by atoms with E-state index in [1.54, 1.807) is 23.5 Å². The topological polar surface area (TPSA) is 48.8 Å². The fourth-order valence-electron chi connectivity index (χ4n) is 3.75. The van der Waals surface area contributed by atoms with Crippen LogP contribution in [0.25, 0.3) is 10.2 Å². The highest BCUT2D eigenvalue weighted by atomic mass is 32.1. The number of likely N-dealkylation sites (N-methyl/N-ethyl adjacent to an activating group) is 1. The number of hydrogen-bond acceptors (Lipinski definition) is 6. The summed E-state index contributed by atoms with van der Waals surface area (Å²) in [6.45, 7) is 2.61. The number of aliphatic hydroxyl groups is 1. The molecule has 0 bridgehead atoms. The molecule has 1 saturated heterocycles. The molecule has 2 atom stereocenters. The van der Waals surface area contributed by atoms with E-state index >= 15 is 0 Å². The number of piperidine rings is 1. The molecule has 154 valence electrons. The van der Waals surface area contributed by atoms with E-state index in [2.05, 4.69) is 22.9 Å². The predicted octanol–water partition coefficient (Wildman–Crippen LogP) is 3.78. The number of β-amino-alcohol motifs (C(OH)–C–C–N with tert-alkyl or cyclic N) is 1. The number of para-hydroxylation sites is 1. The van der Waals surface area contributed by atoms with Crippen LogP contribution >= 0.6 is 11.3 Å². The van der Waals surface area contributed by atoms with Crippen molar-refractivity contribution in [3.8, 4) is 5.75 Å². The Hall–Kier alpha value is -2.22. The molecule has 0 aliphatic carbocycles. The molecule has 2 unspecified atom stereocenters. The number of rotatable bonds is 7. The Labute approximate surface area is 174 Å². The number of benzene rings is 2. The van der Waals surface area contributed by atoms with E-state index in [-0.39, 0.29) is 12.4 Å². The first-order valence-electron chi connectivity index (χ1n) is 9.95. The second-order valence-corrected chi connectivity index (χ2v) is 8.56. The van der Waals surface area contributed by atoms with Crippen molar-refractivity contribution >= 4 is 26.7 Å². The molecule has 1 aliphatic rings. The van der Waals surface area contributed by atoms with Gasteiger partial charge in [-0.3, -0.25) is 4.90 Å². The Morgan fingerprint density at radius 1 is 1.28 bits per heavy atom. The van der Waals surface area contributed by atoms with Gasteiger partial charge in [-0.2, -0.15) is 0 Å². The summed E-state index contributed by atoms with van der Waals surface area (Å²) >= 11 is 1.72. The number of nitrogens with zero attached hydrogens (tertiary/aromatic N) is 3. The molecule has 2 heterocycles. The van der Waals surface area contributed by atoms with Crippen molar-refractivity contribution in [2.24, 2.45) is 0 Å². The summed E-state index contributed by atoms with van der Waals surface area (Å²) in [6.07, 6.45) is 1.61. The summed E-state index contributed by atoms with van der Waals surface area (Å²) in [7, 11) is 2.11. The molecule has 1 aromatic heterocycles. The van der Waals surface area contributed by atoms with Crippen LogP contribution in [0.4, 0.5) is 9.52 Å². The molecule has 1 N–H and O–H groups in total. The predicted molar refractivity (Wildman–Crippen MR) is 115 cm³/mol. The Bertz CT molecular complexity index is 900. The van der Waals surface area contributed by atoms with Gasteiger partial charge in [-0.25, -0.2) is 9.37 Å². The second kappa shape index (κ2) is 9.07. The van der Waals surface area contributed by atoms with Gasteiger partial charge in [0.2, 0.25) is 0 Å².